The van der Waals surface area contributed by atoms with Gasteiger partial charge in [-0.05, 0) is 37.1 Å². The van der Waals surface area contributed by atoms with Gasteiger partial charge in [0.05, 0.1) is 18.0 Å². The van der Waals surface area contributed by atoms with E-state index in [9.17, 15) is 13.2 Å². The van der Waals surface area contributed by atoms with Crippen LogP contribution < -0.4 is 5.32 Å². The van der Waals surface area contributed by atoms with Gasteiger partial charge in [0, 0.05) is 0 Å². The third-order valence-corrected chi connectivity index (χ3v) is 3.74. The van der Waals surface area contributed by atoms with Crippen LogP contribution in [0.1, 0.15) is 48.1 Å². The number of nitrogens with zero attached hydrogens (tertiary/aromatic N) is 2. The second kappa shape index (κ2) is 6.08. The first-order valence-electron chi connectivity index (χ1n) is 7.24. The lowest BCUT2D eigenvalue weighted by Gasteiger charge is -2.19. The fourth-order valence-corrected chi connectivity index (χ4v) is 2.54. The van der Waals surface area contributed by atoms with Gasteiger partial charge in [-0.25, -0.2) is 0 Å². The molecule has 0 bridgehead atoms. The molecule has 0 spiro atoms. The standard InChI is InChI=1S/C15H16F3N3O/c16-15(17,18)11-6-4-10(5-7-11)9-13-20-14(21-22-13)12-3-1-2-8-19-12/h4-7,12,19H,1-3,8-9H2. The van der Waals surface area contributed by atoms with Crippen LogP contribution in [0.5, 0.6) is 0 Å². The molecule has 1 aromatic heterocycles. The van der Waals surface area contributed by atoms with Gasteiger partial charge in [0.15, 0.2) is 5.82 Å². The number of halogens is 3. The molecule has 4 nitrogen and oxygen atoms in total. The highest BCUT2D eigenvalue weighted by Gasteiger charge is 2.30. The Hall–Kier alpha value is -1.89. The lowest BCUT2D eigenvalue weighted by molar-refractivity contribution is -0.137. The van der Waals surface area contributed by atoms with E-state index < -0.39 is 11.7 Å². The molecule has 0 aliphatic carbocycles. The number of rotatable bonds is 3. The maximum atomic E-state index is 12.5. The summed E-state index contributed by atoms with van der Waals surface area (Å²) < 4.78 is 42.7. The lowest BCUT2D eigenvalue weighted by Crippen LogP contribution is -2.27. The zero-order valence-electron chi connectivity index (χ0n) is 11.9. The third-order valence-electron chi connectivity index (χ3n) is 3.74. The van der Waals surface area contributed by atoms with E-state index in [2.05, 4.69) is 15.5 Å². The van der Waals surface area contributed by atoms with Crippen LogP contribution in [-0.4, -0.2) is 16.7 Å². The van der Waals surface area contributed by atoms with Crippen molar-refractivity contribution >= 4 is 0 Å². The Bertz CT molecular complexity index is 616. The quantitative estimate of drug-likeness (QED) is 0.942. The van der Waals surface area contributed by atoms with E-state index in [1.54, 1.807) is 0 Å². The van der Waals surface area contributed by atoms with E-state index in [4.69, 9.17) is 4.52 Å². The molecule has 1 atom stereocenters. The predicted octanol–water partition coefficient (Wildman–Crippen LogP) is 3.49. The van der Waals surface area contributed by atoms with Crippen LogP contribution in [0.15, 0.2) is 28.8 Å². The Kier molecular flexibility index (Phi) is 4.15. The van der Waals surface area contributed by atoms with Gasteiger partial charge < -0.3 is 9.84 Å². The van der Waals surface area contributed by atoms with Gasteiger partial charge in [-0.2, -0.15) is 18.2 Å². The molecule has 7 heteroatoms. The summed E-state index contributed by atoms with van der Waals surface area (Å²) in [6.45, 7) is 0.938. The molecule has 0 saturated carbocycles. The summed E-state index contributed by atoms with van der Waals surface area (Å²) in [4.78, 5) is 4.34. The van der Waals surface area contributed by atoms with Gasteiger partial charge in [0.2, 0.25) is 5.89 Å². The second-order valence-corrected chi connectivity index (χ2v) is 5.42. The van der Waals surface area contributed by atoms with Crippen molar-refractivity contribution < 1.29 is 17.7 Å². The van der Waals surface area contributed by atoms with Crippen molar-refractivity contribution in [3.63, 3.8) is 0 Å². The number of alkyl halides is 3. The minimum atomic E-state index is -4.32. The molecule has 1 aliphatic rings. The highest BCUT2D eigenvalue weighted by Crippen LogP contribution is 2.29. The van der Waals surface area contributed by atoms with E-state index in [0.29, 0.717) is 23.7 Å². The van der Waals surface area contributed by atoms with Crippen molar-refractivity contribution in [1.82, 2.24) is 15.5 Å². The number of hydrogen-bond donors (Lipinski definition) is 1. The monoisotopic (exact) mass is 311 g/mol. The molecule has 2 aromatic rings. The number of hydrogen-bond acceptors (Lipinski definition) is 4. The Morgan fingerprint density at radius 3 is 2.59 bits per heavy atom. The molecule has 3 rings (SSSR count). The molecule has 1 unspecified atom stereocenters. The van der Waals surface area contributed by atoms with Gasteiger partial charge in [-0.3, -0.25) is 0 Å². The minimum absolute atomic E-state index is 0.110. The molecule has 22 heavy (non-hydrogen) atoms. The highest BCUT2D eigenvalue weighted by molar-refractivity contribution is 5.26. The van der Waals surface area contributed by atoms with Crippen LogP contribution in [0.3, 0.4) is 0 Å². The molecule has 1 N–H and O–H groups in total. The number of aromatic nitrogens is 2. The number of piperidine rings is 1. The van der Waals surface area contributed by atoms with Crippen molar-refractivity contribution in [1.29, 1.82) is 0 Å². The average molecular weight is 311 g/mol. The largest absolute Gasteiger partial charge is 0.416 e. The molecule has 1 aromatic carbocycles. The van der Waals surface area contributed by atoms with Crippen molar-refractivity contribution in [3.05, 3.63) is 47.1 Å². The summed E-state index contributed by atoms with van der Waals surface area (Å²) in [5, 5.41) is 7.29. The molecule has 2 heterocycles. The molecule has 0 radical (unpaired) electrons. The molecule has 1 aliphatic heterocycles. The van der Waals surface area contributed by atoms with E-state index >= 15 is 0 Å². The van der Waals surface area contributed by atoms with E-state index in [0.717, 1.165) is 37.9 Å². The third kappa shape index (κ3) is 3.47. The first kappa shape index (κ1) is 15.0. The van der Waals surface area contributed by atoms with Crippen LogP contribution in [0, 0.1) is 0 Å². The van der Waals surface area contributed by atoms with Crippen molar-refractivity contribution in [2.24, 2.45) is 0 Å². The zero-order valence-corrected chi connectivity index (χ0v) is 11.9. The lowest BCUT2D eigenvalue weighted by atomic mass is 10.0. The normalized spacial score (nSPS) is 19.3. The average Bonchev–Trinajstić information content (AvgIpc) is 2.96. The molecular weight excluding hydrogens is 295 g/mol. The summed E-state index contributed by atoms with van der Waals surface area (Å²) in [5.41, 5.74) is 0.0497. The van der Waals surface area contributed by atoms with Crippen molar-refractivity contribution in [2.75, 3.05) is 6.54 Å². The fourth-order valence-electron chi connectivity index (χ4n) is 2.54. The fraction of sp³-hybridized carbons (Fsp3) is 0.467. The summed E-state index contributed by atoms with van der Waals surface area (Å²) in [6.07, 6.45) is -0.743. The first-order valence-corrected chi connectivity index (χ1v) is 7.24. The Balaban J connectivity index is 1.67. The van der Waals surface area contributed by atoms with E-state index in [1.807, 2.05) is 0 Å². The van der Waals surface area contributed by atoms with Gasteiger partial charge in [0.1, 0.15) is 0 Å². The predicted molar refractivity (Wildman–Crippen MR) is 73.1 cm³/mol. The zero-order chi connectivity index (χ0) is 15.6. The highest BCUT2D eigenvalue weighted by atomic mass is 19.4. The first-order chi connectivity index (χ1) is 10.5. The van der Waals surface area contributed by atoms with Crippen LogP contribution in [0.4, 0.5) is 13.2 Å². The van der Waals surface area contributed by atoms with Crippen LogP contribution in [0.25, 0.3) is 0 Å². The van der Waals surface area contributed by atoms with Crippen LogP contribution in [0.2, 0.25) is 0 Å². The number of benzene rings is 1. The van der Waals surface area contributed by atoms with Gasteiger partial charge in [-0.15, -0.1) is 0 Å². The second-order valence-electron chi connectivity index (χ2n) is 5.42. The van der Waals surface area contributed by atoms with Gasteiger partial charge >= 0.3 is 6.18 Å². The Morgan fingerprint density at radius 1 is 1.18 bits per heavy atom. The Labute approximate surface area is 125 Å². The van der Waals surface area contributed by atoms with Crippen molar-refractivity contribution in [2.45, 2.75) is 37.9 Å². The SMILES string of the molecule is FC(F)(F)c1ccc(Cc2nc(C3CCCCN3)no2)cc1. The van der Waals surface area contributed by atoms with Gasteiger partial charge in [-0.1, -0.05) is 23.7 Å². The van der Waals surface area contributed by atoms with E-state index in [1.165, 1.54) is 12.1 Å². The van der Waals surface area contributed by atoms with Gasteiger partial charge in [0.25, 0.3) is 0 Å². The maximum absolute atomic E-state index is 12.5. The minimum Gasteiger partial charge on any atom is -0.339 e. The van der Waals surface area contributed by atoms with Crippen molar-refractivity contribution in [3.8, 4) is 0 Å². The topological polar surface area (TPSA) is 51.0 Å². The van der Waals surface area contributed by atoms with Crippen LogP contribution >= 0.6 is 0 Å². The summed E-state index contributed by atoms with van der Waals surface area (Å²) in [7, 11) is 0. The number of nitrogens with one attached hydrogen (secondary N) is 1. The summed E-state index contributed by atoms with van der Waals surface area (Å²) in [6, 6.07) is 5.11. The smallest absolute Gasteiger partial charge is 0.339 e. The molecule has 0 amide bonds. The molecular formula is C15H16F3N3O. The van der Waals surface area contributed by atoms with E-state index in [-0.39, 0.29) is 6.04 Å². The molecule has 1 fully saturated rings. The molecule has 118 valence electrons. The maximum Gasteiger partial charge on any atom is 0.416 e. The summed E-state index contributed by atoms with van der Waals surface area (Å²) >= 11 is 0. The summed E-state index contributed by atoms with van der Waals surface area (Å²) in [5.74, 6) is 1.05. The Morgan fingerprint density at radius 2 is 1.95 bits per heavy atom. The molecule has 1 saturated heterocycles. The van der Waals surface area contributed by atoms with Crippen LogP contribution in [-0.2, 0) is 12.6 Å².